The average molecular weight is 317 g/mol. The first-order valence-electron chi connectivity index (χ1n) is 6.68. The van der Waals surface area contributed by atoms with Crippen LogP contribution >= 0.6 is 11.6 Å². The third-order valence-electron chi connectivity index (χ3n) is 3.61. The summed E-state index contributed by atoms with van der Waals surface area (Å²) in [7, 11) is 0. The summed E-state index contributed by atoms with van der Waals surface area (Å²) < 4.78 is 5.23. The molecule has 0 radical (unpaired) electrons. The van der Waals surface area contributed by atoms with E-state index < -0.39 is 5.63 Å². The molecule has 0 aliphatic carbocycles. The first-order valence-corrected chi connectivity index (χ1v) is 7.06. The van der Waals surface area contributed by atoms with Crippen LogP contribution in [-0.4, -0.2) is 10.2 Å². The number of benzene rings is 2. The van der Waals surface area contributed by atoms with Crippen LogP contribution in [0.25, 0.3) is 11.0 Å². The third kappa shape index (κ3) is 2.53. The maximum atomic E-state index is 12.2. The molecule has 2 aromatic carbocycles. The smallest absolute Gasteiger partial charge is 0.340 e. The van der Waals surface area contributed by atoms with Gasteiger partial charge in [0.05, 0.1) is 5.39 Å². The standard InChI is InChI=1S/C17H13ClO4/c1-9-13(6-10-3-2-4-11(18)5-10)17(21)22-15-8-12(19)7-14(20)16(9)15/h2-5,7-8,19-20H,6H2,1H3. The molecule has 112 valence electrons. The number of aryl methyl sites for hydroxylation is 1. The second-order valence-corrected chi connectivity index (χ2v) is 5.57. The first kappa shape index (κ1) is 14.5. The summed E-state index contributed by atoms with van der Waals surface area (Å²) in [4.78, 5) is 12.2. The van der Waals surface area contributed by atoms with Crippen molar-refractivity contribution in [2.75, 3.05) is 0 Å². The maximum absolute atomic E-state index is 12.2. The van der Waals surface area contributed by atoms with Crippen molar-refractivity contribution in [1.82, 2.24) is 0 Å². The summed E-state index contributed by atoms with van der Waals surface area (Å²) in [6.45, 7) is 1.75. The van der Waals surface area contributed by atoms with E-state index in [0.29, 0.717) is 28.0 Å². The topological polar surface area (TPSA) is 70.7 Å². The van der Waals surface area contributed by atoms with Gasteiger partial charge >= 0.3 is 5.63 Å². The van der Waals surface area contributed by atoms with Gasteiger partial charge in [-0.15, -0.1) is 0 Å². The SMILES string of the molecule is Cc1c(Cc2cccc(Cl)c2)c(=O)oc2cc(O)cc(O)c12. The predicted octanol–water partition coefficient (Wildman–Crippen LogP) is 3.76. The highest BCUT2D eigenvalue weighted by Crippen LogP contribution is 2.32. The molecule has 4 nitrogen and oxygen atoms in total. The van der Waals surface area contributed by atoms with Gasteiger partial charge in [0, 0.05) is 29.1 Å². The van der Waals surface area contributed by atoms with E-state index in [1.807, 2.05) is 12.1 Å². The summed E-state index contributed by atoms with van der Waals surface area (Å²) in [6.07, 6.45) is 0.352. The maximum Gasteiger partial charge on any atom is 0.340 e. The Morgan fingerprint density at radius 1 is 1.18 bits per heavy atom. The molecule has 0 unspecified atom stereocenters. The Hall–Kier alpha value is -2.46. The number of aromatic hydroxyl groups is 2. The highest BCUT2D eigenvalue weighted by atomic mass is 35.5. The van der Waals surface area contributed by atoms with Gasteiger partial charge in [-0.2, -0.15) is 0 Å². The highest BCUT2D eigenvalue weighted by Gasteiger charge is 2.15. The van der Waals surface area contributed by atoms with Crippen LogP contribution in [0.15, 0.2) is 45.6 Å². The van der Waals surface area contributed by atoms with Crippen molar-refractivity contribution in [2.45, 2.75) is 13.3 Å². The Labute approximate surface area is 131 Å². The van der Waals surface area contributed by atoms with Crippen molar-refractivity contribution in [2.24, 2.45) is 0 Å². The lowest BCUT2D eigenvalue weighted by atomic mass is 9.99. The molecule has 0 spiro atoms. The van der Waals surface area contributed by atoms with Gasteiger partial charge in [0.25, 0.3) is 0 Å². The van der Waals surface area contributed by atoms with Crippen LogP contribution in [0.5, 0.6) is 11.5 Å². The van der Waals surface area contributed by atoms with Crippen LogP contribution in [0.2, 0.25) is 5.02 Å². The van der Waals surface area contributed by atoms with Crippen molar-refractivity contribution in [3.05, 3.63) is 68.5 Å². The minimum Gasteiger partial charge on any atom is -0.508 e. The van der Waals surface area contributed by atoms with Crippen molar-refractivity contribution < 1.29 is 14.6 Å². The lowest BCUT2D eigenvalue weighted by Gasteiger charge is -2.10. The molecule has 2 N–H and O–H groups in total. The fourth-order valence-electron chi connectivity index (χ4n) is 2.57. The summed E-state index contributed by atoms with van der Waals surface area (Å²) >= 11 is 5.96. The molecule has 0 amide bonds. The fourth-order valence-corrected chi connectivity index (χ4v) is 2.78. The molecule has 0 fully saturated rings. The van der Waals surface area contributed by atoms with Crippen molar-refractivity contribution in [1.29, 1.82) is 0 Å². The van der Waals surface area contributed by atoms with E-state index in [1.54, 1.807) is 19.1 Å². The average Bonchev–Trinajstić information content (AvgIpc) is 2.42. The quantitative estimate of drug-likeness (QED) is 0.706. The molecule has 22 heavy (non-hydrogen) atoms. The van der Waals surface area contributed by atoms with E-state index >= 15 is 0 Å². The Bertz CT molecular complexity index is 928. The predicted molar refractivity (Wildman–Crippen MR) is 84.8 cm³/mol. The molecule has 0 aliphatic heterocycles. The monoisotopic (exact) mass is 316 g/mol. The summed E-state index contributed by atoms with van der Waals surface area (Å²) in [6, 6.07) is 9.75. The number of halogens is 1. The van der Waals surface area contributed by atoms with Crippen molar-refractivity contribution in [3.63, 3.8) is 0 Å². The number of phenols is 2. The highest BCUT2D eigenvalue weighted by molar-refractivity contribution is 6.30. The summed E-state index contributed by atoms with van der Waals surface area (Å²) in [5.74, 6) is -0.279. The molecule has 0 atom stereocenters. The Balaban J connectivity index is 2.20. The molecule has 0 aliphatic rings. The Morgan fingerprint density at radius 3 is 2.68 bits per heavy atom. The van der Waals surface area contributed by atoms with Crippen molar-refractivity contribution >= 4 is 22.6 Å². The number of fused-ring (bicyclic) bond motifs is 1. The number of phenolic OH excluding ortho intramolecular Hbond substituents is 2. The molecule has 5 heteroatoms. The minimum absolute atomic E-state index is 0.122. The van der Waals surface area contributed by atoms with Crippen LogP contribution in [0.1, 0.15) is 16.7 Å². The Morgan fingerprint density at radius 2 is 1.95 bits per heavy atom. The van der Waals surface area contributed by atoms with Gasteiger partial charge in [-0.25, -0.2) is 4.79 Å². The molecular weight excluding hydrogens is 304 g/mol. The molecule has 3 rings (SSSR count). The zero-order chi connectivity index (χ0) is 15.9. The zero-order valence-corrected chi connectivity index (χ0v) is 12.5. The molecular formula is C17H13ClO4. The van der Waals surface area contributed by atoms with Gasteiger partial charge in [-0.3, -0.25) is 0 Å². The molecule has 1 aromatic heterocycles. The second kappa shape index (κ2) is 5.39. The fraction of sp³-hybridized carbons (Fsp3) is 0.118. The molecule has 1 heterocycles. The van der Waals surface area contributed by atoms with E-state index in [-0.39, 0.29) is 17.1 Å². The largest absolute Gasteiger partial charge is 0.508 e. The summed E-state index contributed by atoms with van der Waals surface area (Å²) in [5.41, 5.74) is 1.63. The van der Waals surface area contributed by atoms with E-state index in [0.717, 1.165) is 5.56 Å². The number of rotatable bonds is 2. The van der Waals surface area contributed by atoms with Gasteiger partial charge in [-0.05, 0) is 30.2 Å². The van der Waals surface area contributed by atoms with Crippen molar-refractivity contribution in [3.8, 4) is 11.5 Å². The van der Waals surface area contributed by atoms with E-state index in [4.69, 9.17) is 16.0 Å². The van der Waals surface area contributed by atoms with Gasteiger partial charge in [0.2, 0.25) is 0 Å². The van der Waals surface area contributed by atoms with Gasteiger partial charge in [-0.1, -0.05) is 23.7 Å². The molecule has 0 saturated heterocycles. The molecule has 0 saturated carbocycles. The third-order valence-corrected chi connectivity index (χ3v) is 3.85. The lowest BCUT2D eigenvalue weighted by molar-refractivity contribution is 0.450. The Kier molecular flexibility index (Phi) is 3.54. The van der Waals surface area contributed by atoms with E-state index in [2.05, 4.69) is 0 Å². The van der Waals surface area contributed by atoms with Crippen LogP contribution in [0.4, 0.5) is 0 Å². The van der Waals surface area contributed by atoms with Crippen LogP contribution < -0.4 is 5.63 Å². The van der Waals surface area contributed by atoms with Crippen LogP contribution in [0, 0.1) is 6.92 Å². The molecule has 3 aromatic rings. The van der Waals surface area contributed by atoms with E-state index in [1.165, 1.54) is 12.1 Å². The van der Waals surface area contributed by atoms with Gasteiger partial charge < -0.3 is 14.6 Å². The van der Waals surface area contributed by atoms with Gasteiger partial charge in [0.1, 0.15) is 17.1 Å². The lowest BCUT2D eigenvalue weighted by Crippen LogP contribution is -2.11. The second-order valence-electron chi connectivity index (χ2n) is 5.14. The van der Waals surface area contributed by atoms with Gasteiger partial charge in [0.15, 0.2) is 0 Å². The number of hydrogen-bond acceptors (Lipinski definition) is 4. The molecule has 0 bridgehead atoms. The van der Waals surface area contributed by atoms with Crippen LogP contribution in [0.3, 0.4) is 0 Å². The normalized spacial score (nSPS) is 11.0. The number of hydrogen-bond donors (Lipinski definition) is 2. The zero-order valence-electron chi connectivity index (χ0n) is 11.8. The first-order chi connectivity index (χ1) is 10.5. The minimum atomic E-state index is -0.491. The summed E-state index contributed by atoms with van der Waals surface area (Å²) in [5, 5.41) is 20.5. The van der Waals surface area contributed by atoms with Crippen LogP contribution in [-0.2, 0) is 6.42 Å². The van der Waals surface area contributed by atoms with E-state index in [9.17, 15) is 15.0 Å².